The quantitative estimate of drug-likeness (QED) is 0.704. The Bertz CT molecular complexity index is 348. The zero-order valence-electron chi connectivity index (χ0n) is 8.60. The number of hydrogen-bond donors (Lipinski definition) is 2. The van der Waals surface area contributed by atoms with E-state index in [1.165, 1.54) is 6.20 Å². The van der Waals surface area contributed by atoms with Crippen LogP contribution in [0.15, 0.2) is 6.20 Å². The van der Waals surface area contributed by atoms with E-state index in [1.54, 1.807) is 4.90 Å². The summed E-state index contributed by atoms with van der Waals surface area (Å²) in [6.07, 6.45) is 1.37. The standard InChI is InChI=1S/C8H13N5OS/c1-5(2)13(4-7(9)15)8(14)6-3-10-12-11-6/h3,5H,4H2,1-2H3,(H2,9,15)(H,10,11,12). The van der Waals surface area contributed by atoms with Crippen LogP contribution in [0.5, 0.6) is 0 Å². The number of thiocarbonyl (C=S) groups is 1. The largest absolute Gasteiger partial charge is 0.392 e. The Morgan fingerprint density at radius 3 is 2.80 bits per heavy atom. The van der Waals surface area contributed by atoms with Gasteiger partial charge in [0, 0.05) is 6.04 Å². The summed E-state index contributed by atoms with van der Waals surface area (Å²) in [6.45, 7) is 4.02. The van der Waals surface area contributed by atoms with Gasteiger partial charge in [0.05, 0.1) is 17.7 Å². The minimum atomic E-state index is -0.230. The molecule has 6 nitrogen and oxygen atoms in total. The maximum atomic E-state index is 11.9. The molecule has 0 atom stereocenters. The van der Waals surface area contributed by atoms with Gasteiger partial charge in [-0.25, -0.2) is 0 Å². The highest BCUT2D eigenvalue weighted by Crippen LogP contribution is 2.04. The van der Waals surface area contributed by atoms with E-state index in [0.717, 1.165) is 0 Å². The second-order valence-electron chi connectivity index (χ2n) is 3.35. The van der Waals surface area contributed by atoms with Crippen molar-refractivity contribution in [1.29, 1.82) is 0 Å². The molecule has 7 heteroatoms. The topological polar surface area (TPSA) is 87.9 Å². The van der Waals surface area contributed by atoms with E-state index in [-0.39, 0.29) is 29.2 Å². The fourth-order valence-electron chi connectivity index (χ4n) is 1.11. The van der Waals surface area contributed by atoms with Crippen molar-refractivity contribution in [1.82, 2.24) is 20.3 Å². The fraction of sp³-hybridized carbons (Fsp3) is 0.500. The number of amides is 1. The summed E-state index contributed by atoms with van der Waals surface area (Å²) in [4.78, 5) is 13.7. The number of nitrogens with one attached hydrogen (secondary N) is 1. The summed E-state index contributed by atoms with van der Waals surface area (Å²) in [5.74, 6) is -0.230. The predicted octanol–water partition coefficient (Wildman–Crippen LogP) is -0.0586. The number of rotatable bonds is 4. The van der Waals surface area contributed by atoms with Crippen LogP contribution in [0, 0.1) is 0 Å². The van der Waals surface area contributed by atoms with Gasteiger partial charge in [-0.05, 0) is 13.8 Å². The first-order chi connectivity index (χ1) is 7.02. The van der Waals surface area contributed by atoms with E-state index in [4.69, 9.17) is 18.0 Å². The van der Waals surface area contributed by atoms with Crippen molar-refractivity contribution in [3.63, 3.8) is 0 Å². The molecule has 0 bridgehead atoms. The average Bonchev–Trinajstić information content (AvgIpc) is 2.65. The van der Waals surface area contributed by atoms with Crippen LogP contribution >= 0.6 is 12.2 Å². The smallest absolute Gasteiger partial charge is 0.276 e. The van der Waals surface area contributed by atoms with Gasteiger partial charge in [-0.2, -0.15) is 15.4 Å². The maximum Gasteiger partial charge on any atom is 0.276 e. The van der Waals surface area contributed by atoms with Crippen molar-refractivity contribution in [2.75, 3.05) is 6.54 Å². The van der Waals surface area contributed by atoms with Gasteiger partial charge in [-0.3, -0.25) is 4.79 Å². The van der Waals surface area contributed by atoms with E-state index in [9.17, 15) is 4.79 Å². The second-order valence-corrected chi connectivity index (χ2v) is 3.87. The van der Waals surface area contributed by atoms with E-state index < -0.39 is 0 Å². The molecule has 82 valence electrons. The van der Waals surface area contributed by atoms with Crippen LogP contribution in [0.4, 0.5) is 0 Å². The predicted molar refractivity (Wildman–Crippen MR) is 59.3 cm³/mol. The Morgan fingerprint density at radius 1 is 1.73 bits per heavy atom. The van der Waals surface area contributed by atoms with Gasteiger partial charge in [0.25, 0.3) is 5.91 Å². The number of carbonyl (C=O) groups is 1. The van der Waals surface area contributed by atoms with Crippen LogP contribution in [0.3, 0.4) is 0 Å². The third-order valence-electron chi connectivity index (χ3n) is 1.84. The molecule has 0 saturated carbocycles. The Labute approximate surface area is 92.8 Å². The van der Waals surface area contributed by atoms with Gasteiger partial charge < -0.3 is 10.6 Å². The highest BCUT2D eigenvalue weighted by Gasteiger charge is 2.21. The summed E-state index contributed by atoms with van der Waals surface area (Å²) < 4.78 is 0. The molecule has 0 aromatic carbocycles. The summed E-state index contributed by atoms with van der Waals surface area (Å²) in [5.41, 5.74) is 5.68. The van der Waals surface area contributed by atoms with E-state index in [0.29, 0.717) is 0 Å². The number of aromatic amines is 1. The molecule has 0 aliphatic heterocycles. The lowest BCUT2D eigenvalue weighted by Crippen LogP contribution is -2.42. The molecule has 0 spiro atoms. The molecule has 0 aliphatic carbocycles. The number of aromatic nitrogens is 3. The lowest BCUT2D eigenvalue weighted by molar-refractivity contribution is 0.0730. The lowest BCUT2D eigenvalue weighted by Gasteiger charge is -2.24. The van der Waals surface area contributed by atoms with Gasteiger partial charge >= 0.3 is 0 Å². The molecule has 0 unspecified atom stereocenters. The van der Waals surface area contributed by atoms with E-state index >= 15 is 0 Å². The van der Waals surface area contributed by atoms with Crippen LogP contribution in [-0.4, -0.2) is 43.8 Å². The Hall–Kier alpha value is -1.50. The fourth-order valence-corrected chi connectivity index (χ4v) is 1.25. The Kier molecular flexibility index (Phi) is 3.73. The van der Waals surface area contributed by atoms with Gasteiger partial charge in [-0.15, -0.1) is 0 Å². The van der Waals surface area contributed by atoms with E-state index in [2.05, 4.69) is 15.4 Å². The monoisotopic (exact) mass is 227 g/mol. The zero-order chi connectivity index (χ0) is 11.4. The summed E-state index contributed by atoms with van der Waals surface area (Å²) >= 11 is 4.78. The van der Waals surface area contributed by atoms with Crippen LogP contribution in [-0.2, 0) is 0 Å². The van der Waals surface area contributed by atoms with Crippen LogP contribution in [0.1, 0.15) is 24.3 Å². The highest BCUT2D eigenvalue weighted by molar-refractivity contribution is 7.80. The molecular formula is C8H13N5OS. The maximum absolute atomic E-state index is 11.9. The third-order valence-corrected chi connectivity index (χ3v) is 1.97. The van der Waals surface area contributed by atoms with Crippen molar-refractivity contribution in [2.24, 2.45) is 5.73 Å². The van der Waals surface area contributed by atoms with Crippen LogP contribution < -0.4 is 5.73 Å². The van der Waals surface area contributed by atoms with Gasteiger partial charge in [0.1, 0.15) is 0 Å². The van der Waals surface area contributed by atoms with E-state index in [1.807, 2.05) is 13.8 Å². The first kappa shape index (κ1) is 11.6. The van der Waals surface area contributed by atoms with Crippen molar-refractivity contribution in [3.05, 3.63) is 11.9 Å². The number of nitrogens with zero attached hydrogens (tertiary/aromatic N) is 3. The molecule has 15 heavy (non-hydrogen) atoms. The number of hydrogen-bond acceptors (Lipinski definition) is 4. The van der Waals surface area contributed by atoms with Crippen molar-refractivity contribution in [3.8, 4) is 0 Å². The van der Waals surface area contributed by atoms with Gasteiger partial charge in [0.15, 0.2) is 5.69 Å². The van der Waals surface area contributed by atoms with Crippen molar-refractivity contribution >= 4 is 23.1 Å². The molecule has 3 N–H and O–H groups in total. The van der Waals surface area contributed by atoms with Crippen molar-refractivity contribution in [2.45, 2.75) is 19.9 Å². The molecule has 0 fully saturated rings. The molecule has 1 rings (SSSR count). The lowest BCUT2D eigenvalue weighted by atomic mass is 10.3. The summed E-state index contributed by atoms with van der Waals surface area (Å²) in [6, 6.07) is 0.00991. The summed E-state index contributed by atoms with van der Waals surface area (Å²) in [7, 11) is 0. The molecular weight excluding hydrogens is 214 g/mol. The molecule has 1 amide bonds. The molecule has 0 aliphatic rings. The molecule has 0 radical (unpaired) electrons. The Balaban J connectivity index is 2.81. The normalized spacial score (nSPS) is 10.3. The summed E-state index contributed by atoms with van der Waals surface area (Å²) in [5, 5.41) is 9.68. The van der Waals surface area contributed by atoms with Crippen molar-refractivity contribution < 1.29 is 4.79 Å². The van der Waals surface area contributed by atoms with Gasteiger partial charge in [0.2, 0.25) is 0 Å². The SMILES string of the molecule is CC(C)N(CC(N)=S)C(=O)c1cn[nH]n1. The molecule has 1 aromatic rings. The molecule has 1 aromatic heterocycles. The molecule has 0 saturated heterocycles. The number of nitrogens with two attached hydrogens (primary N) is 1. The first-order valence-electron chi connectivity index (χ1n) is 4.47. The third kappa shape index (κ3) is 2.98. The van der Waals surface area contributed by atoms with Crippen LogP contribution in [0.2, 0.25) is 0 Å². The first-order valence-corrected chi connectivity index (χ1v) is 4.88. The highest BCUT2D eigenvalue weighted by atomic mass is 32.1. The van der Waals surface area contributed by atoms with Gasteiger partial charge in [-0.1, -0.05) is 12.2 Å². The molecule has 1 heterocycles. The minimum Gasteiger partial charge on any atom is -0.392 e. The second kappa shape index (κ2) is 4.83. The number of carbonyl (C=O) groups excluding carboxylic acids is 1. The number of H-pyrrole nitrogens is 1. The minimum absolute atomic E-state index is 0.00991. The zero-order valence-corrected chi connectivity index (χ0v) is 9.41. The Morgan fingerprint density at radius 2 is 2.40 bits per heavy atom. The van der Waals surface area contributed by atoms with Crippen LogP contribution in [0.25, 0.3) is 0 Å². The average molecular weight is 227 g/mol.